The van der Waals surface area contributed by atoms with Crippen molar-refractivity contribution in [1.82, 2.24) is 20.0 Å². The molecule has 2 N–H and O–H groups in total. The fourth-order valence-corrected chi connectivity index (χ4v) is 8.64. The molecule has 0 radical (unpaired) electrons. The Balaban J connectivity index is 1.07. The van der Waals surface area contributed by atoms with E-state index in [1.54, 1.807) is 0 Å². The average molecular weight is 749 g/mol. The summed E-state index contributed by atoms with van der Waals surface area (Å²) in [5, 5.41) is 12.4. The molecule has 2 amide bonds. The minimum absolute atomic E-state index is 0.0223. The number of aliphatic hydroxyl groups is 1. The summed E-state index contributed by atoms with van der Waals surface area (Å²) in [4.78, 5) is 30.7. The average Bonchev–Trinajstić information content (AvgIpc) is 3.98. The summed E-state index contributed by atoms with van der Waals surface area (Å²) >= 11 is 0. The molecule has 6 atom stereocenters. The quantitative estimate of drug-likeness (QED) is 0.236. The number of benzene rings is 3. The van der Waals surface area contributed by atoms with Gasteiger partial charge in [-0.05, 0) is 98.1 Å². The third-order valence-corrected chi connectivity index (χ3v) is 11.6. The molecule has 7 rings (SSSR count). The number of amides is 2. The maximum Gasteiger partial charge on any atom is 0.471 e. The first-order chi connectivity index (χ1) is 26.1. The van der Waals surface area contributed by atoms with Crippen LogP contribution in [0.5, 0.6) is 0 Å². The van der Waals surface area contributed by atoms with E-state index in [9.17, 15) is 27.9 Å². The maximum atomic E-state index is 13.1. The highest BCUT2D eigenvalue weighted by molar-refractivity contribution is 5.90. The van der Waals surface area contributed by atoms with Crippen molar-refractivity contribution in [2.24, 2.45) is 5.92 Å². The van der Waals surface area contributed by atoms with Crippen LogP contribution in [0.15, 0.2) is 72.8 Å². The summed E-state index contributed by atoms with van der Waals surface area (Å²) in [6, 6.07) is 23.0. The van der Waals surface area contributed by atoms with Crippen LogP contribution in [-0.2, 0) is 32.2 Å². The SMILES string of the molecule is C[C@@H]1[C@H](CN2CCC[C@H]2CN2CCCC2)O[C@H](c2cccc(-c3cccc(CNC(=O)[C@@H]4CCCN4C(=O)C(F)(F)F)c3)c2)O[C@@H]1c1ccc(CO)cc1. The molecule has 0 bridgehead atoms. The number of nitrogens with zero attached hydrogens (tertiary/aromatic N) is 3. The molecule has 4 fully saturated rings. The maximum absolute atomic E-state index is 13.1. The second-order valence-electron chi connectivity index (χ2n) is 15.3. The van der Waals surface area contributed by atoms with Crippen molar-refractivity contribution in [2.75, 3.05) is 39.3 Å². The number of rotatable bonds is 11. The second-order valence-corrected chi connectivity index (χ2v) is 15.3. The molecule has 54 heavy (non-hydrogen) atoms. The zero-order valence-corrected chi connectivity index (χ0v) is 30.8. The lowest BCUT2D eigenvalue weighted by Crippen LogP contribution is -2.50. The molecule has 0 unspecified atom stereocenters. The molecule has 0 saturated carbocycles. The van der Waals surface area contributed by atoms with Gasteiger partial charge in [0.05, 0.1) is 18.8 Å². The first-order valence-electron chi connectivity index (χ1n) is 19.4. The Labute approximate surface area is 315 Å². The van der Waals surface area contributed by atoms with Crippen LogP contribution in [0.2, 0.25) is 0 Å². The molecule has 0 spiro atoms. The number of alkyl halides is 3. The van der Waals surface area contributed by atoms with E-state index in [1.807, 2.05) is 66.7 Å². The van der Waals surface area contributed by atoms with E-state index in [-0.39, 0.29) is 44.2 Å². The topological polar surface area (TPSA) is 94.6 Å². The van der Waals surface area contributed by atoms with Crippen molar-refractivity contribution >= 4 is 11.8 Å². The molecule has 0 aromatic heterocycles. The fourth-order valence-electron chi connectivity index (χ4n) is 8.64. The van der Waals surface area contributed by atoms with Crippen LogP contribution in [0, 0.1) is 5.92 Å². The monoisotopic (exact) mass is 748 g/mol. The van der Waals surface area contributed by atoms with Gasteiger partial charge in [-0.1, -0.05) is 67.6 Å². The number of hydrogen-bond donors (Lipinski definition) is 2. The smallest absolute Gasteiger partial charge is 0.392 e. The van der Waals surface area contributed by atoms with Crippen LogP contribution in [-0.4, -0.2) is 95.3 Å². The molecule has 4 saturated heterocycles. The Morgan fingerprint density at radius 1 is 0.815 bits per heavy atom. The number of aliphatic hydroxyl groups excluding tert-OH is 1. The number of nitrogens with one attached hydrogen (secondary N) is 1. The van der Waals surface area contributed by atoms with Gasteiger partial charge in [0, 0.05) is 43.7 Å². The van der Waals surface area contributed by atoms with Gasteiger partial charge in [0.2, 0.25) is 5.91 Å². The Morgan fingerprint density at radius 3 is 2.28 bits per heavy atom. The van der Waals surface area contributed by atoms with Gasteiger partial charge in [-0.15, -0.1) is 0 Å². The molecule has 3 aromatic rings. The predicted molar refractivity (Wildman–Crippen MR) is 198 cm³/mol. The largest absolute Gasteiger partial charge is 0.471 e. The normalized spacial score (nSPS) is 26.7. The van der Waals surface area contributed by atoms with Crippen LogP contribution >= 0.6 is 0 Å². The van der Waals surface area contributed by atoms with Gasteiger partial charge >= 0.3 is 12.1 Å². The lowest BCUT2D eigenvalue weighted by atomic mass is 9.89. The van der Waals surface area contributed by atoms with Gasteiger partial charge in [0.1, 0.15) is 6.04 Å². The van der Waals surface area contributed by atoms with Crippen molar-refractivity contribution < 1.29 is 37.3 Å². The number of ether oxygens (including phenoxy) is 2. The number of halogens is 3. The lowest BCUT2D eigenvalue weighted by Gasteiger charge is -2.43. The van der Waals surface area contributed by atoms with E-state index in [4.69, 9.17) is 9.47 Å². The standard InChI is InChI=1S/C42H51F3N4O5/c1-28-37(26-48-20-6-12-35(48)25-47-18-2-3-19-47)53-40(54-38(28)31-16-14-29(27-50)15-17-31)34-11-5-10-33(23-34)32-9-4-8-30(22-32)24-46-39(51)36-13-7-21-49(36)41(52)42(43,44)45/h4-5,8-11,14-17,22-23,28,35-38,40,50H,2-3,6-7,12-13,18-21,24-27H2,1H3,(H,46,51)/t28-,35+,36+,37+,38+,40+/m1/s1. The van der Waals surface area contributed by atoms with Gasteiger partial charge in [-0.3, -0.25) is 14.5 Å². The molecular formula is C42H51F3N4O5. The highest BCUT2D eigenvalue weighted by Crippen LogP contribution is 2.43. The summed E-state index contributed by atoms with van der Waals surface area (Å²) in [5.41, 5.74) is 5.37. The Hall–Kier alpha value is -3.81. The zero-order valence-electron chi connectivity index (χ0n) is 30.8. The molecule has 3 aromatic carbocycles. The molecular weight excluding hydrogens is 697 g/mol. The fraction of sp³-hybridized carbons (Fsp3) is 0.524. The molecule has 12 heteroatoms. The second kappa shape index (κ2) is 16.9. The third-order valence-electron chi connectivity index (χ3n) is 11.6. The van der Waals surface area contributed by atoms with Crippen molar-refractivity contribution in [3.05, 3.63) is 95.1 Å². The van der Waals surface area contributed by atoms with Gasteiger partial charge in [-0.25, -0.2) is 0 Å². The molecule has 290 valence electrons. The number of carbonyl (C=O) groups is 2. The van der Waals surface area contributed by atoms with E-state index in [0.29, 0.717) is 17.4 Å². The summed E-state index contributed by atoms with van der Waals surface area (Å²) in [6.07, 6.45) is -0.463. The molecule has 4 aliphatic heterocycles. The molecule has 4 heterocycles. The number of likely N-dealkylation sites (tertiary alicyclic amines) is 3. The Bertz CT molecular complexity index is 1750. The van der Waals surface area contributed by atoms with E-state index < -0.39 is 30.3 Å². The number of carbonyl (C=O) groups excluding carboxylic acids is 2. The summed E-state index contributed by atoms with van der Waals surface area (Å²) in [5.74, 6) is -2.49. The highest BCUT2D eigenvalue weighted by Gasteiger charge is 2.47. The summed E-state index contributed by atoms with van der Waals surface area (Å²) in [6.45, 7) is 7.55. The number of hydrogen-bond acceptors (Lipinski definition) is 7. The molecule has 9 nitrogen and oxygen atoms in total. The van der Waals surface area contributed by atoms with Gasteiger partial charge < -0.3 is 29.7 Å². The summed E-state index contributed by atoms with van der Waals surface area (Å²) in [7, 11) is 0. The minimum atomic E-state index is -5.02. The van der Waals surface area contributed by atoms with E-state index in [0.717, 1.165) is 53.0 Å². The van der Waals surface area contributed by atoms with Gasteiger partial charge in [0.25, 0.3) is 0 Å². The van der Waals surface area contributed by atoms with E-state index in [1.165, 1.54) is 38.8 Å². The van der Waals surface area contributed by atoms with Crippen molar-refractivity contribution in [3.8, 4) is 11.1 Å². The Morgan fingerprint density at radius 2 is 1.54 bits per heavy atom. The van der Waals surface area contributed by atoms with Crippen molar-refractivity contribution in [2.45, 2.75) is 95.4 Å². The first-order valence-corrected chi connectivity index (χ1v) is 19.4. The van der Waals surface area contributed by atoms with E-state index >= 15 is 0 Å². The minimum Gasteiger partial charge on any atom is -0.392 e. The van der Waals surface area contributed by atoms with Crippen LogP contribution in [0.1, 0.15) is 80.1 Å². The lowest BCUT2D eigenvalue weighted by molar-refractivity contribution is -0.276. The highest BCUT2D eigenvalue weighted by atomic mass is 19.4. The van der Waals surface area contributed by atoms with Crippen LogP contribution < -0.4 is 5.32 Å². The molecule has 0 aliphatic carbocycles. The van der Waals surface area contributed by atoms with Gasteiger partial charge in [0.15, 0.2) is 6.29 Å². The predicted octanol–water partition coefficient (Wildman–Crippen LogP) is 6.37. The Kier molecular flexibility index (Phi) is 12.0. The first kappa shape index (κ1) is 38.5. The zero-order chi connectivity index (χ0) is 37.8. The van der Waals surface area contributed by atoms with E-state index in [2.05, 4.69) is 28.1 Å². The van der Waals surface area contributed by atoms with Crippen LogP contribution in [0.4, 0.5) is 13.2 Å². The van der Waals surface area contributed by atoms with Gasteiger partial charge in [-0.2, -0.15) is 13.2 Å². The summed E-state index contributed by atoms with van der Waals surface area (Å²) < 4.78 is 53.0. The van der Waals surface area contributed by atoms with Crippen molar-refractivity contribution in [3.63, 3.8) is 0 Å². The van der Waals surface area contributed by atoms with Crippen molar-refractivity contribution in [1.29, 1.82) is 0 Å². The third kappa shape index (κ3) is 8.84. The van der Waals surface area contributed by atoms with Crippen LogP contribution in [0.25, 0.3) is 11.1 Å². The van der Waals surface area contributed by atoms with Crippen LogP contribution in [0.3, 0.4) is 0 Å². The molecule has 4 aliphatic rings.